The van der Waals surface area contributed by atoms with Crippen LogP contribution in [0.4, 0.5) is 0 Å². The zero-order chi connectivity index (χ0) is 8.55. The normalized spacial score (nSPS) is 10.5. The van der Waals surface area contributed by atoms with Gasteiger partial charge < -0.3 is 4.42 Å². The van der Waals surface area contributed by atoms with Gasteiger partial charge in [-0.25, -0.2) is 4.98 Å². The van der Waals surface area contributed by atoms with E-state index in [4.69, 9.17) is 4.42 Å². The maximum atomic E-state index is 5.29. The Hall–Kier alpha value is -0.200. The summed E-state index contributed by atoms with van der Waals surface area (Å²) < 4.78 is 10.6. The maximum Gasteiger partial charge on any atom is 0.209 e. The van der Waals surface area contributed by atoms with Crippen molar-refractivity contribution in [1.82, 2.24) is 9.36 Å². The van der Waals surface area contributed by atoms with Crippen molar-refractivity contribution < 1.29 is 4.42 Å². The van der Waals surface area contributed by atoms with E-state index in [0.717, 1.165) is 10.8 Å². The first-order valence-electron chi connectivity index (χ1n) is 3.00. The first-order valence-corrected chi connectivity index (χ1v) is 5.36. The fraction of sp³-hybridized carbons (Fsp3) is 0. The highest BCUT2D eigenvalue weighted by Gasteiger charge is 2.07. The second-order valence-corrected chi connectivity index (χ2v) is 4.22. The van der Waals surface area contributed by atoms with Crippen molar-refractivity contribution in [3.63, 3.8) is 0 Å². The van der Waals surface area contributed by atoms with Crippen LogP contribution in [0.5, 0.6) is 0 Å². The quantitative estimate of drug-likeness (QED) is 0.811. The Bertz CT molecular complexity index is 359. The van der Waals surface area contributed by atoms with E-state index in [-0.39, 0.29) is 0 Å². The summed E-state index contributed by atoms with van der Waals surface area (Å²) in [5.41, 5.74) is 0. The summed E-state index contributed by atoms with van der Waals surface area (Å²) >= 11 is 7.68. The van der Waals surface area contributed by atoms with Crippen LogP contribution in [0, 0.1) is 0 Å². The number of aromatic nitrogens is 2. The molecule has 0 N–H and O–H groups in total. The molecule has 12 heavy (non-hydrogen) atoms. The van der Waals surface area contributed by atoms with Crippen LogP contribution in [0.25, 0.3) is 10.8 Å². The molecule has 2 aromatic heterocycles. The minimum absolute atomic E-state index is 0.593. The summed E-state index contributed by atoms with van der Waals surface area (Å²) in [6.07, 6.45) is 0. The molecule has 62 valence electrons. The summed E-state index contributed by atoms with van der Waals surface area (Å²) in [4.78, 5) is 4.10. The van der Waals surface area contributed by atoms with E-state index in [2.05, 4.69) is 41.2 Å². The molecular formula is C6H2Br2N2OS. The third kappa shape index (κ3) is 1.60. The molecule has 2 rings (SSSR count). The number of halogens is 2. The average molecular weight is 310 g/mol. The Labute approximate surface area is 89.2 Å². The molecule has 2 aromatic rings. The minimum atomic E-state index is 0.593. The summed E-state index contributed by atoms with van der Waals surface area (Å²) in [7, 11) is 0. The van der Waals surface area contributed by atoms with E-state index in [9.17, 15) is 0 Å². The highest BCUT2D eigenvalue weighted by atomic mass is 79.9. The van der Waals surface area contributed by atoms with Gasteiger partial charge in [0.05, 0.1) is 0 Å². The first-order chi connectivity index (χ1) is 5.75. The van der Waals surface area contributed by atoms with Gasteiger partial charge in [-0.15, -0.1) is 0 Å². The van der Waals surface area contributed by atoms with Crippen LogP contribution in [0.15, 0.2) is 26.0 Å². The fourth-order valence-electron chi connectivity index (χ4n) is 0.735. The van der Waals surface area contributed by atoms with Crippen molar-refractivity contribution >= 4 is 43.4 Å². The lowest BCUT2D eigenvalue weighted by Crippen LogP contribution is -1.68. The Morgan fingerprint density at radius 3 is 2.67 bits per heavy atom. The molecular weight excluding hydrogens is 308 g/mol. The van der Waals surface area contributed by atoms with E-state index in [1.54, 1.807) is 0 Å². The van der Waals surface area contributed by atoms with E-state index in [1.807, 2.05) is 12.1 Å². The molecule has 0 bridgehead atoms. The van der Waals surface area contributed by atoms with Gasteiger partial charge in [-0.3, -0.25) is 0 Å². The third-order valence-corrected chi connectivity index (χ3v) is 2.93. The third-order valence-electron chi connectivity index (χ3n) is 1.19. The van der Waals surface area contributed by atoms with Crippen molar-refractivity contribution in [1.29, 1.82) is 0 Å². The molecule has 0 fully saturated rings. The Kier molecular flexibility index (Phi) is 2.29. The molecule has 0 aliphatic heterocycles. The second-order valence-electron chi connectivity index (χ2n) is 1.97. The molecule has 3 nitrogen and oxygen atoms in total. The molecule has 0 aromatic carbocycles. The van der Waals surface area contributed by atoms with Crippen LogP contribution in [-0.4, -0.2) is 9.36 Å². The Morgan fingerprint density at radius 2 is 2.17 bits per heavy atom. The van der Waals surface area contributed by atoms with E-state index < -0.39 is 0 Å². The van der Waals surface area contributed by atoms with Crippen LogP contribution < -0.4 is 0 Å². The zero-order valence-electron chi connectivity index (χ0n) is 5.62. The van der Waals surface area contributed by atoms with Gasteiger partial charge in [0.1, 0.15) is 0 Å². The molecule has 0 amide bonds. The molecule has 0 aliphatic rings. The highest BCUT2D eigenvalue weighted by molar-refractivity contribution is 9.10. The van der Waals surface area contributed by atoms with Gasteiger partial charge in [0.15, 0.2) is 15.4 Å². The summed E-state index contributed by atoms with van der Waals surface area (Å²) in [6.45, 7) is 0. The minimum Gasteiger partial charge on any atom is -0.447 e. The Morgan fingerprint density at radius 1 is 1.33 bits per heavy atom. The summed E-state index contributed by atoms with van der Waals surface area (Å²) in [5, 5.41) is 0.771. The average Bonchev–Trinajstić information content (AvgIpc) is 2.58. The maximum absolute atomic E-state index is 5.29. The van der Waals surface area contributed by atoms with Crippen LogP contribution in [0.3, 0.4) is 0 Å². The van der Waals surface area contributed by atoms with Crippen LogP contribution >= 0.6 is 43.4 Å². The number of nitrogens with zero attached hydrogens (tertiary/aromatic N) is 2. The van der Waals surface area contributed by atoms with Gasteiger partial charge in [0.2, 0.25) is 4.73 Å². The van der Waals surface area contributed by atoms with Crippen molar-refractivity contribution in [2.75, 3.05) is 0 Å². The van der Waals surface area contributed by atoms with Crippen LogP contribution in [-0.2, 0) is 0 Å². The topological polar surface area (TPSA) is 38.9 Å². The smallest absolute Gasteiger partial charge is 0.209 e. The number of hydrogen-bond donors (Lipinski definition) is 0. The second kappa shape index (κ2) is 3.27. The molecule has 0 unspecified atom stereocenters. The molecule has 0 atom stereocenters. The molecule has 2 heterocycles. The molecule has 0 spiro atoms. The van der Waals surface area contributed by atoms with Crippen LogP contribution in [0.1, 0.15) is 0 Å². The number of rotatable bonds is 1. The van der Waals surface area contributed by atoms with Gasteiger partial charge in [-0.05, 0) is 55.5 Å². The summed E-state index contributed by atoms with van der Waals surface area (Å²) in [6, 6.07) is 3.67. The van der Waals surface area contributed by atoms with Crippen LogP contribution in [0.2, 0.25) is 0 Å². The van der Waals surface area contributed by atoms with Gasteiger partial charge in [0, 0.05) is 0 Å². The lowest BCUT2D eigenvalue weighted by atomic mass is 10.5. The molecule has 0 saturated heterocycles. The number of hydrogen-bond acceptors (Lipinski definition) is 4. The van der Waals surface area contributed by atoms with Crippen molar-refractivity contribution in [2.24, 2.45) is 0 Å². The standard InChI is InChI=1S/C6H2Br2N2OS/c7-4-2-1-3(11-4)5-9-6(8)10-12-5/h1-2H. The largest absolute Gasteiger partial charge is 0.447 e. The fourth-order valence-corrected chi connectivity index (χ4v) is 2.08. The predicted octanol–water partition coefficient (Wildman–Crippen LogP) is 3.32. The lowest BCUT2D eigenvalue weighted by molar-refractivity contribution is 0.555. The molecule has 6 heteroatoms. The predicted molar refractivity (Wildman–Crippen MR) is 53.0 cm³/mol. The van der Waals surface area contributed by atoms with Gasteiger partial charge >= 0.3 is 0 Å². The van der Waals surface area contributed by atoms with Gasteiger partial charge in [-0.2, -0.15) is 4.37 Å². The SMILES string of the molecule is Brc1nsc(-c2ccc(Br)o2)n1. The zero-order valence-corrected chi connectivity index (χ0v) is 9.61. The highest BCUT2D eigenvalue weighted by Crippen LogP contribution is 2.27. The van der Waals surface area contributed by atoms with Gasteiger partial charge in [-0.1, -0.05) is 0 Å². The summed E-state index contributed by atoms with van der Waals surface area (Å²) in [5.74, 6) is 0.727. The molecule has 0 radical (unpaired) electrons. The Balaban J connectivity index is 2.43. The van der Waals surface area contributed by atoms with Crippen molar-refractivity contribution in [2.45, 2.75) is 0 Å². The van der Waals surface area contributed by atoms with E-state index >= 15 is 0 Å². The lowest BCUT2D eigenvalue weighted by Gasteiger charge is -1.84. The van der Waals surface area contributed by atoms with Crippen molar-refractivity contribution in [3.8, 4) is 10.8 Å². The first kappa shape index (κ1) is 8.40. The monoisotopic (exact) mass is 308 g/mol. The van der Waals surface area contributed by atoms with Crippen molar-refractivity contribution in [3.05, 3.63) is 21.5 Å². The molecule has 0 aliphatic carbocycles. The molecule has 0 saturated carbocycles. The van der Waals surface area contributed by atoms with E-state index in [0.29, 0.717) is 9.40 Å². The van der Waals surface area contributed by atoms with E-state index in [1.165, 1.54) is 11.5 Å². The van der Waals surface area contributed by atoms with Gasteiger partial charge in [0.25, 0.3) is 0 Å². The number of furan rings is 1.